The van der Waals surface area contributed by atoms with Gasteiger partial charge in [0.05, 0.1) is 6.04 Å². The summed E-state index contributed by atoms with van der Waals surface area (Å²) in [5.41, 5.74) is 0. The van der Waals surface area contributed by atoms with Gasteiger partial charge >= 0.3 is 0 Å². The number of carbonyl (C=O) groups excluding carboxylic acids is 1. The monoisotopic (exact) mass is 343 g/mol. The third-order valence-corrected chi connectivity index (χ3v) is 4.20. The van der Waals surface area contributed by atoms with E-state index < -0.39 is 0 Å². The lowest BCUT2D eigenvalue weighted by molar-refractivity contribution is -0.135. The van der Waals surface area contributed by atoms with Crippen molar-refractivity contribution in [1.29, 1.82) is 0 Å². The Labute approximate surface area is 144 Å². The number of halogens is 1. The van der Waals surface area contributed by atoms with Gasteiger partial charge in [-0.3, -0.25) is 9.79 Å². The number of allylic oxidation sites excluding steroid dienone is 1. The molecule has 0 radical (unpaired) electrons. The SMILES string of the molecule is CCCC/C(Cl)=C/C(=O)N(/C(=N\C)[C@H](C)NC)N1CCNCC1. The number of rotatable bonds is 7. The van der Waals surface area contributed by atoms with Gasteiger partial charge in [-0.15, -0.1) is 0 Å². The van der Waals surface area contributed by atoms with Crippen molar-refractivity contribution in [2.45, 2.75) is 39.2 Å². The molecular weight excluding hydrogens is 314 g/mol. The zero-order valence-electron chi connectivity index (χ0n) is 14.7. The van der Waals surface area contributed by atoms with Gasteiger partial charge in [0.2, 0.25) is 0 Å². The van der Waals surface area contributed by atoms with E-state index in [1.807, 2.05) is 19.0 Å². The highest BCUT2D eigenvalue weighted by Gasteiger charge is 2.28. The Balaban J connectivity index is 3.00. The maximum absolute atomic E-state index is 12.8. The Morgan fingerprint density at radius 3 is 2.65 bits per heavy atom. The van der Waals surface area contributed by atoms with E-state index in [9.17, 15) is 4.79 Å². The van der Waals surface area contributed by atoms with E-state index in [2.05, 4.69) is 22.5 Å². The van der Waals surface area contributed by atoms with Crippen LogP contribution in [0.1, 0.15) is 33.1 Å². The van der Waals surface area contributed by atoms with Gasteiger partial charge in [0.1, 0.15) is 5.84 Å². The van der Waals surface area contributed by atoms with Crippen LogP contribution in [-0.4, -0.2) is 68.1 Å². The van der Waals surface area contributed by atoms with Crippen molar-refractivity contribution in [3.05, 3.63) is 11.1 Å². The maximum atomic E-state index is 12.8. The Morgan fingerprint density at radius 1 is 1.48 bits per heavy atom. The third kappa shape index (κ3) is 6.22. The van der Waals surface area contributed by atoms with Crippen LogP contribution in [0, 0.1) is 0 Å². The van der Waals surface area contributed by atoms with E-state index in [4.69, 9.17) is 11.6 Å². The molecule has 0 aliphatic carbocycles. The molecular formula is C16H30ClN5O. The number of aliphatic imine (C=N–C) groups is 1. The van der Waals surface area contributed by atoms with Gasteiger partial charge in [0.25, 0.3) is 5.91 Å². The number of unbranched alkanes of at least 4 members (excludes halogenated alkanes) is 1. The van der Waals surface area contributed by atoms with Crippen LogP contribution in [0.25, 0.3) is 0 Å². The fourth-order valence-electron chi connectivity index (χ4n) is 2.46. The summed E-state index contributed by atoms with van der Waals surface area (Å²) in [6, 6.07) is -0.0262. The molecule has 1 atom stereocenters. The van der Waals surface area contributed by atoms with Gasteiger partial charge in [0, 0.05) is 44.3 Å². The number of hydrazine groups is 1. The lowest BCUT2D eigenvalue weighted by Gasteiger charge is -2.38. The molecule has 23 heavy (non-hydrogen) atoms. The van der Waals surface area contributed by atoms with Crippen LogP contribution in [0.15, 0.2) is 16.1 Å². The second kappa shape index (κ2) is 10.8. The molecule has 0 unspecified atom stereocenters. The van der Waals surface area contributed by atoms with E-state index in [1.165, 1.54) is 6.08 Å². The Morgan fingerprint density at radius 2 is 2.13 bits per heavy atom. The molecule has 0 aromatic heterocycles. The highest BCUT2D eigenvalue weighted by atomic mass is 35.5. The fraction of sp³-hybridized carbons (Fsp3) is 0.750. The highest BCUT2D eigenvalue weighted by Crippen LogP contribution is 2.14. The molecule has 1 fully saturated rings. The zero-order valence-corrected chi connectivity index (χ0v) is 15.5. The van der Waals surface area contributed by atoms with Crippen LogP contribution < -0.4 is 10.6 Å². The Hall–Kier alpha value is -0.950. The fourth-order valence-corrected chi connectivity index (χ4v) is 2.69. The minimum Gasteiger partial charge on any atom is -0.314 e. The smallest absolute Gasteiger partial charge is 0.267 e. The number of piperazine rings is 1. The second-order valence-corrected chi connectivity index (χ2v) is 6.13. The van der Waals surface area contributed by atoms with E-state index in [1.54, 1.807) is 12.1 Å². The average Bonchev–Trinajstić information content (AvgIpc) is 2.57. The third-order valence-electron chi connectivity index (χ3n) is 3.90. The van der Waals surface area contributed by atoms with E-state index in [0.717, 1.165) is 45.4 Å². The molecule has 0 spiro atoms. The molecule has 0 aromatic carbocycles. The van der Waals surface area contributed by atoms with E-state index in [0.29, 0.717) is 10.9 Å². The topological polar surface area (TPSA) is 60.0 Å². The summed E-state index contributed by atoms with van der Waals surface area (Å²) in [5, 5.41) is 10.8. The normalized spacial score (nSPS) is 18.8. The second-order valence-electron chi connectivity index (χ2n) is 5.64. The molecule has 1 aliphatic heterocycles. The first-order chi connectivity index (χ1) is 11.0. The lowest BCUT2D eigenvalue weighted by Crippen LogP contribution is -2.59. The molecule has 6 nitrogen and oxygen atoms in total. The molecule has 1 amide bonds. The van der Waals surface area contributed by atoms with Crippen LogP contribution in [0.5, 0.6) is 0 Å². The van der Waals surface area contributed by atoms with Crippen molar-refractivity contribution in [2.24, 2.45) is 4.99 Å². The Kier molecular flexibility index (Phi) is 9.40. The summed E-state index contributed by atoms with van der Waals surface area (Å²) < 4.78 is 0. The number of nitrogens with one attached hydrogen (secondary N) is 2. The summed E-state index contributed by atoms with van der Waals surface area (Å²) in [6.07, 6.45) is 4.31. The summed E-state index contributed by atoms with van der Waals surface area (Å²) in [4.78, 5) is 17.2. The number of nitrogens with zero attached hydrogens (tertiary/aromatic N) is 3. The van der Waals surface area contributed by atoms with Crippen LogP contribution in [0.2, 0.25) is 0 Å². The predicted octanol–water partition coefficient (Wildman–Crippen LogP) is 1.58. The van der Waals surface area contributed by atoms with Gasteiger partial charge in [-0.05, 0) is 26.8 Å². The Bertz CT molecular complexity index is 432. The summed E-state index contributed by atoms with van der Waals surface area (Å²) >= 11 is 6.23. The molecule has 1 aliphatic rings. The van der Waals surface area contributed by atoms with Crippen molar-refractivity contribution in [3.8, 4) is 0 Å². The van der Waals surface area contributed by atoms with Crippen LogP contribution in [0.4, 0.5) is 0 Å². The first-order valence-corrected chi connectivity index (χ1v) is 8.72. The van der Waals surface area contributed by atoms with Gasteiger partial charge in [-0.25, -0.2) is 10.0 Å². The zero-order chi connectivity index (χ0) is 17.2. The quantitative estimate of drug-likeness (QED) is 0.418. The molecule has 7 heteroatoms. The summed E-state index contributed by atoms with van der Waals surface area (Å²) in [7, 11) is 3.58. The molecule has 1 rings (SSSR count). The molecule has 0 saturated carbocycles. The lowest BCUT2D eigenvalue weighted by atomic mass is 10.2. The van der Waals surface area contributed by atoms with Gasteiger partial charge < -0.3 is 10.6 Å². The van der Waals surface area contributed by atoms with E-state index >= 15 is 0 Å². The molecule has 132 valence electrons. The largest absolute Gasteiger partial charge is 0.314 e. The van der Waals surface area contributed by atoms with Gasteiger partial charge in [-0.2, -0.15) is 0 Å². The molecule has 2 N–H and O–H groups in total. The summed E-state index contributed by atoms with van der Waals surface area (Å²) in [6.45, 7) is 7.33. The number of likely N-dealkylation sites (N-methyl/N-ethyl adjacent to an activating group) is 1. The van der Waals surface area contributed by atoms with Crippen molar-refractivity contribution in [3.63, 3.8) is 0 Å². The molecule has 0 aromatic rings. The number of hydrogen-bond acceptors (Lipinski definition) is 5. The number of carbonyl (C=O) groups is 1. The predicted molar refractivity (Wildman–Crippen MR) is 96.6 cm³/mol. The van der Waals surface area contributed by atoms with Crippen LogP contribution >= 0.6 is 11.6 Å². The first-order valence-electron chi connectivity index (χ1n) is 8.34. The van der Waals surface area contributed by atoms with Gasteiger partial charge in [-0.1, -0.05) is 24.9 Å². The van der Waals surface area contributed by atoms with E-state index in [-0.39, 0.29) is 11.9 Å². The summed E-state index contributed by atoms with van der Waals surface area (Å²) in [5.74, 6) is 0.575. The van der Waals surface area contributed by atoms with Crippen LogP contribution in [0.3, 0.4) is 0 Å². The molecule has 0 bridgehead atoms. The maximum Gasteiger partial charge on any atom is 0.267 e. The van der Waals surface area contributed by atoms with Crippen molar-refractivity contribution < 1.29 is 4.79 Å². The average molecular weight is 344 g/mol. The molecule has 1 saturated heterocycles. The molecule has 1 heterocycles. The van der Waals surface area contributed by atoms with Crippen molar-refractivity contribution in [2.75, 3.05) is 40.3 Å². The highest BCUT2D eigenvalue weighted by molar-refractivity contribution is 6.31. The minimum absolute atomic E-state index is 0.0262. The van der Waals surface area contributed by atoms with Gasteiger partial charge in [0.15, 0.2) is 0 Å². The number of hydrogen-bond donors (Lipinski definition) is 2. The van der Waals surface area contributed by atoms with Crippen molar-refractivity contribution in [1.82, 2.24) is 20.7 Å². The minimum atomic E-state index is -0.129. The number of amides is 1. The first kappa shape index (κ1) is 20.1. The standard InChI is InChI=1S/C16H30ClN5O/c1-5-6-7-14(17)12-15(23)22(16(19-4)13(2)18-3)21-10-8-20-9-11-21/h12-13,18,20H,5-11H2,1-4H3/b14-12-,19-16-/t13-/m0/s1. The van der Waals surface area contributed by atoms with Crippen LogP contribution in [-0.2, 0) is 4.79 Å². The number of amidine groups is 1. The van der Waals surface area contributed by atoms with Crippen molar-refractivity contribution >= 4 is 23.3 Å².